The van der Waals surface area contributed by atoms with Gasteiger partial charge in [-0.25, -0.2) is 0 Å². The molecule has 2 heteroatoms. The summed E-state index contributed by atoms with van der Waals surface area (Å²) >= 11 is 0. The molecule has 0 saturated carbocycles. The van der Waals surface area contributed by atoms with Crippen molar-refractivity contribution in [1.29, 1.82) is 0 Å². The third kappa shape index (κ3) is 4.63. The molecule has 0 amide bonds. The maximum Gasteiger partial charge on any atom is 0.123 e. The molecule has 0 aliphatic carbocycles. The number of para-hydroxylation sites is 1. The molecule has 2 nitrogen and oxygen atoms in total. The van der Waals surface area contributed by atoms with Crippen molar-refractivity contribution >= 4 is 6.79 Å². The smallest absolute Gasteiger partial charge is 0.123 e. The zero-order valence-corrected chi connectivity index (χ0v) is 9.99. The van der Waals surface area contributed by atoms with E-state index in [1.165, 1.54) is 5.56 Å². The summed E-state index contributed by atoms with van der Waals surface area (Å²) in [6, 6.07) is 8.24. The van der Waals surface area contributed by atoms with E-state index in [-0.39, 0.29) is 6.10 Å². The fraction of sp³-hybridized carbons (Fsp3) is 0.462. The fourth-order valence-corrected chi connectivity index (χ4v) is 1.32. The Bertz CT molecular complexity index is 280. The minimum atomic E-state index is 0.250. The maximum atomic E-state index is 8.00. The van der Waals surface area contributed by atoms with E-state index in [0.717, 1.165) is 5.75 Å². The molecule has 1 aromatic carbocycles. The second-order valence-electron chi connectivity index (χ2n) is 3.86. The molecule has 0 aliphatic heterocycles. The van der Waals surface area contributed by atoms with Crippen molar-refractivity contribution in [3.8, 4) is 5.75 Å². The molecule has 0 aliphatic rings. The summed E-state index contributed by atoms with van der Waals surface area (Å²) in [6.07, 6.45) is 0.250. The zero-order valence-electron chi connectivity index (χ0n) is 9.99. The Morgan fingerprint density at radius 2 is 1.60 bits per heavy atom. The Hall–Kier alpha value is -1.31. The molecule has 0 spiro atoms. The Morgan fingerprint density at radius 1 is 1.07 bits per heavy atom. The summed E-state index contributed by atoms with van der Waals surface area (Å²) in [6.45, 7) is 10.5. The first-order chi connectivity index (χ1) is 7.11. The minimum absolute atomic E-state index is 0.250. The zero-order chi connectivity index (χ0) is 11.8. The van der Waals surface area contributed by atoms with Crippen LogP contribution in [-0.4, -0.2) is 12.9 Å². The summed E-state index contributed by atoms with van der Waals surface area (Å²) in [5.41, 5.74) is 1.29. The summed E-state index contributed by atoms with van der Waals surface area (Å²) in [7, 11) is 0. The van der Waals surface area contributed by atoms with Crippen LogP contribution in [0.1, 0.15) is 39.2 Å². The van der Waals surface area contributed by atoms with Crippen LogP contribution >= 0.6 is 0 Å². The van der Waals surface area contributed by atoms with Crippen molar-refractivity contribution in [1.82, 2.24) is 0 Å². The number of benzene rings is 1. The van der Waals surface area contributed by atoms with E-state index in [4.69, 9.17) is 9.53 Å². The fourth-order valence-electron chi connectivity index (χ4n) is 1.32. The average molecular weight is 208 g/mol. The van der Waals surface area contributed by atoms with Crippen LogP contribution in [0.2, 0.25) is 0 Å². The summed E-state index contributed by atoms with van der Waals surface area (Å²) < 4.78 is 5.71. The highest BCUT2D eigenvalue weighted by Gasteiger charge is 2.07. The first-order valence-corrected chi connectivity index (χ1v) is 5.15. The average Bonchev–Trinajstić information content (AvgIpc) is 2.20. The van der Waals surface area contributed by atoms with Gasteiger partial charge < -0.3 is 9.53 Å². The van der Waals surface area contributed by atoms with Crippen LogP contribution in [0.4, 0.5) is 0 Å². The third-order valence-corrected chi connectivity index (χ3v) is 1.90. The molecule has 0 radical (unpaired) electrons. The van der Waals surface area contributed by atoms with Gasteiger partial charge in [0.05, 0.1) is 6.10 Å². The predicted molar refractivity (Wildman–Crippen MR) is 63.4 cm³/mol. The first kappa shape index (κ1) is 13.7. The number of carbonyl (C=O) groups is 1. The monoisotopic (exact) mass is 208 g/mol. The van der Waals surface area contributed by atoms with Crippen molar-refractivity contribution in [2.24, 2.45) is 0 Å². The lowest BCUT2D eigenvalue weighted by Crippen LogP contribution is -2.07. The normalized spacial score (nSPS) is 9.73. The van der Waals surface area contributed by atoms with Crippen LogP contribution in [-0.2, 0) is 4.79 Å². The quantitative estimate of drug-likeness (QED) is 0.760. The standard InChI is InChI=1S/C12H18O.CH2O/c1-9(2)11-7-5-6-8-12(11)13-10(3)4;1-2/h5-10H,1-4H3;1H2. The molecule has 0 heterocycles. The van der Waals surface area contributed by atoms with Crippen LogP contribution in [0.3, 0.4) is 0 Å². The van der Waals surface area contributed by atoms with Crippen LogP contribution < -0.4 is 4.74 Å². The molecular weight excluding hydrogens is 188 g/mol. The van der Waals surface area contributed by atoms with Crippen LogP contribution in [0.5, 0.6) is 5.75 Å². The van der Waals surface area contributed by atoms with E-state index in [1.807, 2.05) is 18.9 Å². The van der Waals surface area contributed by atoms with E-state index >= 15 is 0 Å². The molecule has 0 aromatic heterocycles. The SMILES string of the molecule is C=O.CC(C)Oc1ccccc1C(C)C. The molecule has 84 valence electrons. The molecule has 0 saturated heterocycles. The van der Waals surface area contributed by atoms with Gasteiger partial charge in [-0.15, -0.1) is 0 Å². The molecule has 0 unspecified atom stereocenters. The number of rotatable bonds is 3. The van der Waals surface area contributed by atoms with Gasteiger partial charge in [0.25, 0.3) is 0 Å². The lowest BCUT2D eigenvalue weighted by atomic mass is 10.0. The van der Waals surface area contributed by atoms with Crippen molar-refractivity contribution in [3.63, 3.8) is 0 Å². The second kappa shape index (κ2) is 7.04. The first-order valence-electron chi connectivity index (χ1n) is 5.15. The van der Waals surface area contributed by atoms with Gasteiger partial charge in [0.1, 0.15) is 12.5 Å². The van der Waals surface area contributed by atoms with Crippen LogP contribution in [0.25, 0.3) is 0 Å². The largest absolute Gasteiger partial charge is 0.491 e. The highest BCUT2D eigenvalue weighted by atomic mass is 16.5. The van der Waals surface area contributed by atoms with Gasteiger partial charge in [0.2, 0.25) is 0 Å². The molecular formula is C13H20O2. The van der Waals surface area contributed by atoms with Crippen molar-refractivity contribution in [2.75, 3.05) is 0 Å². The second-order valence-corrected chi connectivity index (χ2v) is 3.86. The van der Waals surface area contributed by atoms with Crippen LogP contribution in [0, 0.1) is 0 Å². The van der Waals surface area contributed by atoms with Gasteiger partial charge in [-0.2, -0.15) is 0 Å². The van der Waals surface area contributed by atoms with Gasteiger partial charge in [-0.3, -0.25) is 0 Å². The Labute approximate surface area is 92.3 Å². The summed E-state index contributed by atoms with van der Waals surface area (Å²) in [4.78, 5) is 8.00. The number of hydrogen-bond acceptors (Lipinski definition) is 2. The van der Waals surface area contributed by atoms with Crippen molar-refractivity contribution in [2.45, 2.75) is 39.7 Å². The number of carbonyl (C=O) groups excluding carboxylic acids is 1. The molecule has 0 fully saturated rings. The highest BCUT2D eigenvalue weighted by Crippen LogP contribution is 2.26. The van der Waals surface area contributed by atoms with Gasteiger partial charge in [-0.1, -0.05) is 32.0 Å². The predicted octanol–water partition coefficient (Wildman–Crippen LogP) is 3.41. The third-order valence-electron chi connectivity index (χ3n) is 1.90. The molecule has 1 aromatic rings. The topological polar surface area (TPSA) is 26.3 Å². The number of ether oxygens (including phenoxy) is 1. The van der Waals surface area contributed by atoms with E-state index in [0.29, 0.717) is 5.92 Å². The Kier molecular flexibility index (Phi) is 6.43. The lowest BCUT2D eigenvalue weighted by molar-refractivity contribution is -0.0979. The van der Waals surface area contributed by atoms with E-state index in [1.54, 1.807) is 0 Å². The summed E-state index contributed by atoms with van der Waals surface area (Å²) in [5, 5.41) is 0. The number of hydrogen-bond donors (Lipinski definition) is 0. The van der Waals surface area contributed by atoms with Crippen LogP contribution in [0.15, 0.2) is 24.3 Å². The molecule has 0 bridgehead atoms. The molecule has 1 rings (SSSR count). The van der Waals surface area contributed by atoms with Gasteiger partial charge in [-0.05, 0) is 31.4 Å². The van der Waals surface area contributed by atoms with Gasteiger partial charge >= 0.3 is 0 Å². The van der Waals surface area contributed by atoms with Gasteiger partial charge in [0, 0.05) is 0 Å². The Morgan fingerprint density at radius 3 is 2.07 bits per heavy atom. The lowest BCUT2D eigenvalue weighted by Gasteiger charge is -2.15. The Balaban J connectivity index is 0.000000921. The van der Waals surface area contributed by atoms with E-state index in [9.17, 15) is 0 Å². The van der Waals surface area contributed by atoms with E-state index < -0.39 is 0 Å². The van der Waals surface area contributed by atoms with E-state index in [2.05, 4.69) is 39.8 Å². The summed E-state index contributed by atoms with van der Waals surface area (Å²) in [5.74, 6) is 1.54. The highest BCUT2D eigenvalue weighted by molar-refractivity contribution is 5.35. The van der Waals surface area contributed by atoms with Gasteiger partial charge in [0.15, 0.2) is 0 Å². The molecule has 0 N–H and O–H groups in total. The molecule has 0 atom stereocenters. The molecule has 15 heavy (non-hydrogen) atoms. The maximum absolute atomic E-state index is 8.00. The minimum Gasteiger partial charge on any atom is -0.491 e. The van der Waals surface area contributed by atoms with Crippen molar-refractivity contribution < 1.29 is 9.53 Å². The van der Waals surface area contributed by atoms with Crippen molar-refractivity contribution in [3.05, 3.63) is 29.8 Å².